The number of rotatable bonds is 7. The predicted molar refractivity (Wildman–Crippen MR) is 103 cm³/mol. The van der Waals surface area contributed by atoms with Gasteiger partial charge in [-0.2, -0.15) is 5.26 Å². The van der Waals surface area contributed by atoms with E-state index in [1.807, 2.05) is 30.3 Å². The Morgan fingerprint density at radius 2 is 2.30 bits per heavy atom. The SMILES string of the molecule is N#CC(=Cc1ccc(COc2cccc(Br)c2)o1)C(=O)NCC1CCCO1. The van der Waals surface area contributed by atoms with Gasteiger partial charge in [0.2, 0.25) is 0 Å². The zero-order chi connectivity index (χ0) is 19.1. The Labute approximate surface area is 165 Å². The molecule has 140 valence electrons. The van der Waals surface area contributed by atoms with Crippen LogP contribution < -0.4 is 10.1 Å². The normalized spacial score (nSPS) is 16.7. The van der Waals surface area contributed by atoms with Crippen molar-refractivity contribution in [3.05, 3.63) is 58.0 Å². The number of ether oxygens (including phenoxy) is 2. The molecule has 1 aliphatic rings. The van der Waals surface area contributed by atoms with Crippen molar-refractivity contribution in [2.24, 2.45) is 0 Å². The van der Waals surface area contributed by atoms with E-state index in [0.717, 1.165) is 23.9 Å². The highest BCUT2D eigenvalue weighted by Crippen LogP contribution is 2.20. The molecule has 1 aliphatic heterocycles. The van der Waals surface area contributed by atoms with E-state index < -0.39 is 5.91 Å². The maximum absolute atomic E-state index is 12.2. The number of furan rings is 1. The second-order valence-corrected chi connectivity index (χ2v) is 6.98. The van der Waals surface area contributed by atoms with Gasteiger partial charge < -0.3 is 19.2 Å². The van der Waals surface area contributed by atoms with Crippen molar-refractivity contribution in [2.45, 2.75) is 25.6 Å². The molecule has 1 unspecified atom stereocenters. The molecule has 1 atom stereocenters. The Morgan fingerprint density at radius 3 is 3.04 bits per heavy atom. The van der Waals surface area contributed by atoms with Crippen molar-refractivity contribution in [3.8, 4) is 11.8 Å². The number of hydrogen-bond acceptors (Lipinski definition) is 5. The molecule has 1 aromatic carbocycles. The maximum atomic E-state index is 12.2. The van der Waals surface area contributed by atoms with Gasteiger partial charge in [-0.05, 0) is 43.2 Å². The molecule has 0 aliphatic carbocycles. The molecule has 0 bridgehead atoms. The smallest absolute Gasteiger partial charge is 0.262 e. The minimum Gasteiger partial charge on any atom is -0.486 e. The van der Waals surface area contributed by atoms with Crippen LogP contribution in [0.3, 0.4) is 0 Å². The number of halogens is 1. The quantitative estimate of drug-likeness (QED) is 0.532. The molecular weight excluding hydrogens is 412 g/mol. The lowest BCUT2D eigenvalue weighted by Gasteiger charge is -2.09. The van der Waals surface area contributed by atoms with E-state index >= 15 is 0 Å². The van der Waals surface area contributed by atoms with Crippen LogP contribution in [-0.2, 0) is 16.1 Å². The third-order valence-electron chi connectivity index (χ3n) is 4.03. The summed E-state index contributed by atoms with van der Waals surface area (Å²) in [6, 6.07) is 12.9. The summed E-state index contributed by atoms with van der Waals surface area (Å²) >= 11 is 3.39. The largest absolute Gasteiger partial charge is 0.486 e. The van der Waals surface area contributed by atoms with Crippen LogP contribution >= 0.6 is 15.9 Å². The number of carbonyl (C=O) groups is 1. The first-order valence-electron chi connectivity index (χ1n) is 8.63. The second-order valence-electron chi connectivity index (χ2n) is 6.06. The molecule has 0 spiro atoms. The monoisotopic (exact) mass is 430 g/mol. The first kappa shape index (κ1) is 19.2. The first-order valence-corrected chi connectivity index (χ1v) is 9.42. The number of amides is 1. The highest BCUT2D eigenvalue weighted by atomic mass is 79.9. The molecule has 6 nitrogen and oxygen atoms in total. The summed E-state index contributed by atoms with van der Waals surface area (Å²) < 4.78 is 17.7. The molecule has 7 heteroatoms. The second kappa shape index (κ2) is 9.40. The van der Waals surface area contributed by atoms with Crippen LogP contribution in [0.25, 0.3) is 6.08 Å². The van der Waals surface area contributed by atoms with Gasteiger partial charge in [0.25, 0.3) is 5.91 Å². The van der Waals surface area contributed by atoms with Gasteiger partial charge in [-0.3, -0.25) is 4.79 Å². The summed E-state index contributed by atoms with van der Waals surface area (Å²) in [5, 5.41) is 12.0. The van der Waals surface area contributed by atoms with Gasteiger partial charge >= 0.3 is 0 Å². The number of carbonyl (C=O) groups excluding carboxylic acids is 1. The van der Waals surface area contributed by atoms with Crippen molar-refractivity contribution in [2.75, 3.05) is 13.2 Å². The number of nitrogens with one attached hydrogen (secondary N) is 1. The third kappa shape index (κ3) is 5.71. The van der Waals surface area contributed by atoms with Crippen molar-refractivity contribution in [3.63, 3.8) is 0 Å². The third-order valence-corrected chi connectivity index (χ3v) is 4.52. The molecule has 0 saturated carbocycles. The summed E-state index contributed by atoms with van der Waals surface area (Å²) in [6.45, 7) is 1.37. The molecule has 1 N–H and O–H groups in total. The van der Waals surface area contributed by atoms with E-state index in [0.29, 0.717) is 23.8 Å². The fraction of sp³-hybridized carbons (Fsp3) is 0.300. The van der Waals surface area contributed by atoms with E-state index in [-0.39, 0.29) is 18.3 Å². The van der Waals surface area contributed by atoms with Crippen molar-refractivity contribution in [1.82, 2.24) is 5.32 Å². The molecule has 2 heterocycles. The van der Waals surface area contributed by atoms with Crippen LogP contribution in [0.2, 0.25) is 0 Å². The number of nitriles is 1. The van der Waals surface area contributed by atoms with Crippen LogP contribution in [0.1, 0.15) is 24.4 Å². The Hall–Kier alpha value is -2.56. The van der Waals surface area contributed by atoms with E-state index in [9.17, 15) is 10.1 Å². The first-order chi connectivity index (χ1) is 13.1. The van der Waals surface area contributed by atoms with E-state index in [1.54, 1.807) is 12.1 Å². The summed E-state index contributed by atoms with van der Waals surface area (Å²) in [5.41, 5.74) is -0.0122. The van der Waals surface area contributed by atoms with Crippen molar-refractivity contribution >= 4 is 27.9 Å². The van der Waals surface area contributed by atoms with Crippen molar-refractivity contribution in [1.29, 1.82) is 5.26 Å². The lowest BCUT2D eigenvalue weighted by Crippen LogP contribution is -2.32. The highest BCUT2D eigenvalue weighted by molar-refractivity contribution is 9.10. The topological polar surface area (TPSA) is 84.5 Å². The van der Waals surface area contributed by atoms with Gasteiger partial charge in [-0.15, -0.1) is 0 Å². The zero-order valence-electron chi connectivity index (χ0n) is 14.6. The molecule has 2 aromatic rings. The average Bonchev–Trinajstić information content (AvgIpc) is 3.34. The minimum atomic E-state index is -0.434. The zero-order valence-corrected chi connectivity index (χ0v) is 16.2. The number of benzene rings is 1. The molecule has 1 amide bonds. The Balaban J connectivity index is 1.56. The summed E-state index contributed by atoms with van der Waals surface area (Å²) in [7, 11) is 0. The molecule has 1 saturated heterocycles. The lowest BCUT2D eigenvalue weighted by molar-refractivity contribution is -0.117. The summed E-state index contributed by atoms with van der Waals surface area (Å²) in [5.74, 6) is 1.30. The fourth-order valence-electron chi connectivity index (χ4n) is 2.66. The highest BCUT2D eigenvalue weighted by Gasteiger charge is 2.18. The minimum absolute atomic E-state index is 0.0122. The fourth-order valence-corrected chi connectivity index (χ4v) is 3.04. The lowest BCUT2D eigenvalue weighted by atomic mass is 10.2. The van der Waals surface area contributed by atoms with Crippen molar-refractivity contribution < 1.29 is 18.7 Å². The van der Waals surface area contributed by atoms with Gasteiger partial charge in [0, 0.05) is 23.7 Å². The molecular formula is C20H19BrN2O4. The van der Waals surface area contributed by atoms with Crippen LogP contribution in [0, 0.1) is 11.3 Å². The Bertz CT molecular complexity index is 863. The average molecular weight is 431 g/mol. The standard InChI is InChI=1S/C20H19BrN2O4/c21-15-3-1-4-16(10-15)26-13-19-7-6-17(27-19)9-14(11-22)20(24)23-12-18-5-2-8-25-18/h1,3-4,6-7,9-10,18H,2,5,8,12-13H2,(H,23,24). The van der Waals surface area contributed by atoms with E-state index in [2.05, 4.69) is 21.2 Å². The van der Waals surface area contributed by atoms with Gasteiger partial charge in [-0.25, -0.2) is 0 Å². The van der Waals surface area contributed by atoms with Crippen LogP contribution in [0.5, 0.6) is 5.75 Å². The maximum Gasteiger partial charge on any atom is 0.262 e. The molecule has 27 heavy (non-hydrogen) atoms. The van der Waals surface area contributed by atoms with Crippen LogP contribution in [-0.4, -0.2) is 25.2 Å². The molecule has 1 fully saturated rings. The van der Waals surface area contributed by atoms with Crippen LogP contribution in [0.4, 0.5) is 0 Å². The van der Waals surface area contributed by atoms with Gasteiger partial charge in [0.15, 0.2) is 0 Å². The van der Waals surface area contributed by atoms with Gasteiger partial charge in [-0.1, -0.05) is 22.0 Å². The number of nitrogens with zero attached hydrogens (tertiary/aromatic N) is 1. The molecule has 3 rings (SSSR count). The molecule has 1 aromatic heterocycles. The van der Waals surface area contributed by atoms with Gasteiger partial charge in [0.05, 0.1) is 6.10 Å². The Morgan fingerprint density at radius 1 is 1.41 bits per heavy atom. The van der Waals surface area contributed by atoms with Gasteiger partial charge in [0.1, 0.15) is 35.5 Å². The predicted octanol–water partition coefficient (Wildman–Crippen LogP) is 3.82. The summed E-state index contributed by atoms with van der Waals surface area (Å²) in [4.78, 5) is 12.2. The van der Waals surface area contributed by atoms with E-state index in [1.165, 1.54) is 6.08 Å². The van der Waals surface area contributed by atoms with Crippen LogP contribution in [0.15, 0.2) is 50.9 Å². The van der Waals surface area contributed by atoms with E-state index in [4.69, 9.17) is 13.9 Å². The number of hydrogen-bond donors (Lipinski definition) is 1. The summed E-state index contributed by atoms with van der Waals surface area (Å²) in [6.07, 6.45) is 3.37. The Kier molecular flexibility index (Phi) is 6.69. The molecule has 0 radical (unpaired) electrons.